The van der Waals surface area contributed by atoms with Crippen LogP contribution in [-0.2, 0) is 4.79 Å². The lowest BCUT2D eigenvalue weighted by atomic mass is 10.2. The van der Waals surface area contributed by atoms with Crippen molar-refractivity contribution in [2.45, 2.75) is 12.8 Å². The molecule has 0 fully saturated rings. The van der Waals surface area contributed by atoms with Crippen molar-refractivity contribution in [1.29, 1.82) is 0 Å². The largest absolute Gasteiger partial charge is 0.493 e. The van der Waals surface area contributed by atoms with Crippen molar-refractivity contribution in [3.05, 3.63) is 17.7 Å². The summed E-state index contributed by atoms with van der Waals surface area (Å²) in [6.45, 7) is 0.696. The number of nitrogens with one attached hydrogen (secondary N) is 1. The van der Waals surface area contributed by atoms with Crippen LogP contribution in [0.3, 0.4) is 0 Å². The molecule has 2 N–H and O–H groups in total. The monoisotopic (exact) mass is 297 g/mol. The summed E-state index contributed by atoms with van der Waals surface area (Å²) in [5.74, 6) is -1.22. The number of rotatable bonds is 8. The SMILES string of the molecule is CNCCCC(=O)Oc1c(OC)cc(C(=O)O)cc1OC. The van der Waals surface area contributed by atoms with Gasteiger partial charge in [0, 0.05) is 6.42 Å². The smallest absolute Gasteiger partial charge is 0.335 e. The van der Waals surface area contributed by atoms with E-state index in [9.17, 15) is 9.59 Å². The first-order valence-corrected chi connectivity index (χ1v) is 6.38. The second-order valence-corrected chi connectivity index (χ2v) is 4.20. The highest BCUT2D eigenvalue weighted by molar-refractivity contribution is 5.90. The normalized spacial score (nSPS) is 10.0. The van der Waals surface area contributed by atoms with E-state index in [1.54, 1.807) is 7.05 Å². The van der Waals surface area contributed by atoms with E-state index in [1.165, 1.54) is 26.4 Å². The predicted molar refractivity (Wildman–Crippen MR) is 75.3 cm³/mol. The molecule has 21 heavy (non-hydrogen) atoms. The minimum absolute atomic E-state index is 0.0151. The van der Waals surface area contributed by atoms with E-state index >= 15 is 0 Å². The van der Waals surface area contributed by atoms with Crippen molar-refractivity contribution < 1.29 is 28.9 Å². The minimum atomic E-state index is -1.13. The predicted octanol–water partition coefficient (Wildman–Crippen LogP) is 1.31. The Bertz CT molecular complexity index is 489. The van der Waals surface area contributed by atoms with Crippen LogP contribution in [0.5, 0.6) is 17.2 Å². The quantitative estimate of drug-likeness (QED) is 0.424. The molecule has 0 saturated heterocycles. The van der Waals surface area contributed by atoms with Crippen molar-refractivity contribution in [3.63, 3.8) is 0 Å². The number of methoxy groups -OCH3 is 2. The van der Waals surface area contributed by atoms with Gasteiger partial charge < -0.3 is 24.6 Å². The fraction of sp³-hybridized carbons (Fsp3) is 0.429. The molecule has 0 aliphatic carbocycles. The molecule has 7 nitrogen and oxygen atoms in total. The molecule has 0 unspecified atom stereocenters. The van der Waals surface area contributed by atoms with Crippen molar-refractivity contribution in [2.24, 2.45) is 0 Å². The van der Waals surface area contributed by atoms with Gasteiger partial charge in [-0.2, -0.15) is 0 Å². The highest BCUT2D eigenvalue weighted by Crippen LogP contribution is 2.38. The molecular formula is C14H19NO6. The highest BCUT2D eigenvalue weighted by Gasteiger charge is 2.19. The summed E-state index contributed by atoms with van der Waals surface area (Å²) in [7, 11) is 4.51. The fourth-order valence-electron chi connectivity index (χ4n) is 1.68. The third-order valence-electron chi connectivity index (χ3n) is 2.73. The molecule has 1 aromatic rings. The molecule has 0 amide bonds. The molecule has 1 aromatic carbocycles. The van der Waals surface area contributed by atoms with Gasteiger partial charge in [-0.15, -0.1) is 0 Å². The van der Waals surface area contributed by atoms with Crippen LogP contribution in [0.1, 0.15) is 23.2 Å². The Morgan fingerprint density at radius 3 is 2.19 bits per heavy atom. The Balaban J connectivity index is 2.99. The van der Waals surface area contributed by atoms with Gasteiger partial charge in [0.25, 0.3) is 0 Å². The van der Waals surface area contributed by atoms with Crippen LogP contribution in [0.15, 0.2) is 12.1 Å². The molecule has 0 aliphatic heterocycles. The Hall–Kier alpha value is -2.28. The Morgan fingerprint density at radius 1 is 1.19 bits per heavy atom. The van der Waals surface area contributed by atoms with Crippen molar-refractivity contribution >= 4 is 11.9 Å². The molecule has 0 heterocycles. The van der Waals surface area contributed by atoms with E-state index in [0.717, 1.165) is 0 Å². The number of hydrogen-bond donors (Lipinski definition) is 2. The van der Waals surface area contributed by atoms with Gasteiger partial charge in [0.2, 0.25) is 5.75 Å². The topological polar surface area (TPSA) is 94.1 Å². The van der Waals surface area contributed by atoms with E-state index < -0.39 is 11.9 Å². The van der Waals surface area contributed by atoms with Gasteiger partial charge in [-0.3, -0.25) is 4.79 Å². The average molecular weight is 297 g/mol. The lowest BCUT2D eigenvalue weighted by Crippen LogP contribution is -2.14. The van der Waals surface area contributed by atoms with E-state index in [-0.39, 0.29) is 29.2 Å². The number of carbonyl (C=O) groups excluding carboxylic acids is 1. The van der Waals surface area contributed by atoms with Crippen molar-refractivity contribution in [3.8, 4) is 17.2 Å². The van der Waals surface area contributed by atoms with Crippen LogP contribution < -0.4 is 19.5 Å². The summed E-state index contributed by atoms with van der Waals surface area (Å²) >= 11 is 0. The first-order chi connectivity index (χ1) is 10.0. The van der Waals surface area contributed by atoms with E-state index in [2.05, 4.69) is 5.32 Å². The van der Waals surface area contributed by atoms with Gasteiger partial charge >= 0.3 is 11.9 Å². The number of ether oxygens (including phenoxy) is 3. The maximum absolute atomic E-state index is 11.8. The Kier molecular flexibility index (Phi) is 6.48. The minimum Gasteiger partial charge on any atom is -0.493 e. The number of carbonyl (C=O) groups is 2. The van der Waals surface area contributed by atoms with Crippen LogP contribution in [0.25, 0.3) is 0 Å². The summed E-state index contributed by atoms with van der Waals surface area (Å²) in [6.07, 6.45) is 0.862. The van der Waals surface area contributed by atoms with E-state index in [1.807, 2.05) is 0 Å². The number of carboxylic acid groups (broad SMARTS) is 1. The average Bonchev–Trinajstić information content (AvgIpc) is 2.47. The van der Waals surface area contributed by atoms with E-state index in [4.69, 9.17) is 19.3 Å². The molecule has 0 aromatic heterocycles. The maximum atomic E-state index is 11.8. The van der Waals surface area contributed by atoms with Crippen LogP contribution in [-0.4, -0.2) is 44.9 Å². The van der Waals surface area contributed by atoms with E-state index in [0.29, 0.717) is 13.0 Å². The molecular weight excluding hydrogens is 278 g/mol. The number of carboxylic acids is 1. The number of esters is 1. The zero-order chi connectivity index (χ0) is 15.8. The Labute approximate surface area is 122 Å². The van der Waals surface area contributed by atoms with Crippen LogP contribution in [0.4, 0.5) is 0 Å². The summed E-state index contributed by atoms with van der Waals surface area (Å²) in [6, 6.07) is 2.56. The van der Waals surface area contributed by atoms with Crippen LogP contribution in [0, 0.1) is 0 Å². The van der Waals surface area contributed by atoms with Crippen LogP contribution in [0.2, 0.25) is 0 Å². The summed E-state index contributed by atoms with van der Waals surface area (Å²) in [5, 5.41) is 11.9. The number of hydrogen-bond acceptors (Lipinski definition) is 6. The van der Waals surface area contributed by atoms with Crippen molar-refractivity contribution in [2.75, 3.05) is 27.8 Å². The first-order valence-electron chi connectivity index (χ1n) is 6.38. The molecule has 0 atom stereocenters. The summed E-state index contributed by atoms with van der Waals surface area (Å²) in [4.78, 5) is 22.8. The molecule has 0 radical (unpaired) electrons. The van der Waals surface area contributed by atoms with Gasteiger partial charge in [-0.25, -0.2) is 4.79 Å². The molecule has 0 saturated carbocycles. The third-order valence-corrected chi connectivity index (χ3v) is 2.73. The molecule has 7 heteroatoms. The zero-order valence-electron chi connectivity index (χ0n) is 12.3. The van der Waals surface area contributed by atoms with Crippen LogP contribution >= 0.6 is 0 Å². The fourth-order valence-corrected chi connectivity index (χ4v) is 1.68. The number of benzene rings is 1. The molecule has 1 rings (SSSR count). The van der Waals surface area contributed by atoms with Gasteiger partial charge in [-0.1, -0.05) is 0 Å². The lowest BCUT2D eigenvalue weighted by molar-refractivity contribution is -0.134. The molecule has 0 bridgehead atoms. The third kappa shape index (κ3) is 4.64. The standard InChI is InChI=1S/C14H19NO6/c1-15-6-4-5-12(16)21-13-10(19-2)7-9(14(17)18)8-11(13)20-3/h7-8,15H,4-6H2,1-3H3,(H,17,18). The van der Waals surface area contributed by atoms with Crippen molar-refractivity contribution in [1.82, 2.24) is 5.32 Å². The second-order valence-electron chi connectivity index (χ2n) is 4.20. The number of aromatic carboxylic acids is 1. The molecule has 116 valence electrons. The summed E-state index contributed by atoms with van der Waals surface area (Å²) in [5.41, 5.74) is -0.0151. The molecule has 0 aliphatic rings. The highest BCUT2D eigenvalue weighted by atomic mass is 16.6. The second kappa shape index (κ2) is 8.11. The van der Waals surface area contributed by atoms with Gasteiger partial charge in [0.1, 0.15) is 0 Å². The van der Waals surface area contributed by atoms with Gasteiger partial charge in [-0.05, 0) is 32.1 Å². The van der Waals surface area contributed by atoms with Gasteiger partial charge in [0.05, 0.1) is 19.8 Å². The summed E-state index contributed by atoms with van der Waals surface area (Å²) < 4.78 is 15.4. The first kappa shape index (κ1) is 16.8. The lowest BCUT2D eigenvalue weighted by Gasteiger charge is -2.14. The Morgan fingerprint density at radius 2 is 1.76 bits per heavy atom. The zero-order valence-corrected chi connectivity index (χ0v) is 12.3. The molecule has 0 spiro atoms. The maximum Gasteiger partial charge on any atom is 0.335 e. The van der Waals surface area contributed by atoms with Gasteiger partial charge in [0.15, 0.2) is 11.5 Å².